The molecule has 0 unspecified atom stereocenters. The Morgan fingerprint density at radius 1 is 1.29 bits per heavy atom. The number of benzene rings is 1. The minimum Gasteiger partial charge on any atom is -0.268 e. The van der Waals surface area contributed by atoms with E-state index in [2.05, 4.69) is 10.2 Å². The summed E-state index contributed by atoms with van der Waals surface area (Å²) < 4.78 is 3.06. The molecule has 0 saturated heterocycles. The molecule has 0 fully saturated rings. The van der Waals surface area contributed by atoms with Crippen LogP contribution in [0.1, 0.15) is 10.4 Å². The van der Waals surface area contributed by atoms with Crippen molar-refractivity contribution in [3.63, 3.8) is 0 Å². The minimum absolute atomic E-state index is 0.141. The number of rotatable bonds is 1. The first-order chi connectivity index (χ1) is 8.25. The number of hydrogen-bond donors (Lipinski definition) is 0. The summed E-state index contributed by atoms with van der Waals surface area (Å²) in [5.41, 5.74) is 1.54. The van der Waals surface area contributed by atoms with Crippen molar-refractivity contribution in [3.05, 3.63) is 48.4 Å². The highest BCUT2D eigenvalue weighted by Gasteiger charge is 2.10. The molecule has 2 heterocycles. The average molecular weight is 226 g/mol. The van der Waals surface area contributed by atoms with Gasteiger partial charge in [0.05, 0.1) is 11.7 Å². The molecule has 0 saturated carbocycles. The van der Waals surface area contributed by atoms with Crippen molar-refractivity contribution in [2.24, 2.45) is 7.05 Å². The molecule has 0 amide bonds. The molecule has 3 aromatic rings. The number of aryl methyl sites for hydroxylation is 1. The van der Waals surface area contributed by atoms with E-state index in [9.17, 15) is 4.79 Å². The second-order valence-corrected chi connectivity index (χ2v) is 3.80. The maximum Gasteiger partial charge on any atom is 0.278 e. The van der Waals surface area contributed by atoms with Gasteiger partial charge in [0.1, 0.15) is 0 Å². The fourth-order valence-electron chi connectivity index (χ4n) is 1.80. The quantitative estimate of drug-likeness (QED) is 0.631. The molecule has 3 rings (SSSR count). The van der Waals surface area contributed by atoms with Crippen molar-refractivity contribution in [3.8, 4) is 0 Å². The van der Waals surface area contributed by atoms with Crippen LogP contribution < -0.4 is 0 Å². The van der Waals surface area contributed by atoms with Crippen LogP contribution in [0.4, 0.5) is 0 Å². The zero-order valence-electron chi connectivity index (χ0n) is 9.24. The van der Waals surface area contributed by atoms with Gasteiger partial charge in [-0.15, -0.1) is 0 Å². The van der Waals surface area contributed by atoms with Crippen LogP contribution in [0.3, 0.4) is 0 Å². The Bertz CT molecular complexity index is 682. The molecular formula is C12H10N4O. The van der Waals surface area contributed by atoms with Crippen molar-refractivity contribution in [2.45, 2.75) is 0 Å². The molecule has 0 aliphatic heterocycles. The predicted octanol–water partition coefficient (Wildman–Crippen LogP) is 1.46. The third-order valence-electron chi connectivity index (χ3n) is 2.71. The number of hydrogen-bond acceptors (Lipinski definition) is 3. The summed E-state index contributed by atoms with van der Waals surface area (Å²) in [6.45, 7) is 0. The summed E-state index contributed by atoms with van der Waals surface area (Å²) in [6.07, 6.45) is 4.99. The average Bonchev–Trinajstić information content (AvgIpc) is 2.98. The molecule has 0 aliphatic rings. The van der Waals surface area contributed by atoms with Gasteiger partial charge in [-0.25, -0.2) is 4.68 Å². The van der Waals surface area contributed by atoms with Gasteiger partial charge in [0.15, 0.2) is 0 Å². The van der Waals surface area contributed by atoms with Gasteiger partial charge in [0.2, 0.25) is 0 Å². The topological polar surface area (TPSA) is 52.7 Å². The van der Waals surface area contributed by atoms with Crippen LogP contribution in [0, 0.1) is 0 Å². The Labute approximate surface area is 97.3 Å². The summed E-state index contributed by atoms with van der Waals surface area (Å²) in [5.74, 6) is -0.141. The minimum atomic E-state index is -0.141. The monoisotopic (exact) mass is 226 g/mol. The second kappa shape index (κ2) is 3.55. The molecule has 0 spiro atoms. The summed E-state index contributed by atoms with van der Waals surface area (Å²) in [6, 6.07) is 7.22. The first kappa shape index (κ1) is 9.77. The first-order valence-corrected chi connectivity index (χ1v) is 5.22. The predicted molar refractivity (Wildman–Crippen MR) is 62.7 cm³/mol. The van der Waals surface area contributed by atoms with Crippen LogP contribution in [0.2, 0.25) is 0 Å². The summed E-state index contributed by atoms with van der Waals surface area (Å²) in [5, 5.41) is 9.09. The zero-order chi connectivity index (χ0) is 11.8. The molecule has 0 radical (unpaired) electrons. The van der Waals surface area contributed by atoms with E-state index in [0.29, 0.717) is 5.56 Å². The van der Waals surface area contributed by atoms with Crippen molar-refractivity contribution in [1.29, 1.82) is 0 Å². The number of carbonyl (C=O) groups excluding carboxylic acids is 1. The summed E-state index contributed by atoms with van der Waals surface area (Å²) >= 11 is 0. The Hall–Kier alpha value is -2.43. The van der Waals surface area contributed by atoms with E-state index in [-0.39, 0.29) is 5.91 Å². The van der Waals surface area contributed by atoms with Crippen molar-refractivity contribution in [2.75, 3.05) is 0 Å². The van der Waals surface area contributed by atoms with E-state index in [1.807, 2.05) is 19.2 Å². The van der Waals surface area contributed by atoms with Gasteiger partial charge < -0.3 is 0 Å². The van der Waals surface area contributed by atoms with Crippen LogP contribution in [0.15, 0.2) is 42.9 Å². The smallest absolute Gasteiger partial charge is 0.268 e. The molecule has 0 atom stereocenters. The van der Waals surface area contributed by atoms with E-state index >= 15 is 0 Å². The fraction of sp³-hybridized carbons (Fsp3) is 0.0833. The van der Waals surface area contributed by atoms with E-state index < -0.39 is 0 Å². The standard InChI is InChI=1S/C12H10N4O/c1-15-11-7-9(3-4-10(11)8-14-15)12(17)16-6-2-5-13-16/h2-8H,1H3. The molecule has 2 aromatic heterocycles. The fourth-order valence-corrected chi connectivity index (χ4v) is 1.80. The lowest BCUT2D eigenvalue weighted by molar-refractivity contribution is 0.0945. The van der Waals surface area contributed by atoms with E-state index in [0.717, 1.165) is 10.9 Å². The van der Waals surface area contributed by atoms with Gasteiger partial charge >= 0.3 is 0 Å². The lowest BCUT2D eigenvalue weighted by Gasteiger charge is -2.01. The van der Waals surface area contributed by atoms with E-state index in [4.69, 9.17) is 0 Å². The largest absolute Gasteiger partial charge is 0.278 e. The van der Waals surface area contributed by atoms with Crippen molar-refractivity contribution >= 4 is 16.8 Å². The number of fused-ring (bicyclic) bond motifs is 1. The highest BCUT2D eigenvalue weighted by molar-refractivity contribution is 5.98. The van der Waals surface area contributed by atoms with Gasteiger partial charge in [0, 0.05) is 30.4 Å². The van der Waals surface area contributed by atoms with Gasteiger partial charge in [-0.05, 0) is 18.2 Å². The molecule has 0 bridgehead atoms. The molecule has 5 heteroatoms. The third kappa shape index (κ3) is 1.52. The molecular weight excluding hydrogens is 216 g/mol. The Morgan fingerprint density at radius 2 is 2.18 bits per heavy atom. The van der Waals surface area contributed by atoms with Crippen LogP contribution in [0.5, 0.6) is 0 Å². The normalized spacial score (nSPS) is 10.9. The highest BCUT2D eigenvalue weighted by Crippen LogP contribution is 2.15. The number of nitrogens with zero attached hydrogens (tertiary/aromatic N) is 4. The third-order valence-corrected chi connectivity index (χ3v) is 2.71. The molecule has 0 aliphatic carbocycles. The van der Waals surface area contributed by atoms with Gasteiger partial charge in [0.25, 0.3) is 5.91 Å². The molecule has 17 heavy (non-hydrogen) atoms. The molecule has 0 N–H and O–H groups in total. The Morgan fingerprint density at radius 3 is 2.94 bits per heavy atom. The maximum absolute atomic E-state index is 12.1. The zero-order valence-corrected chi connectivity index (χ0v) is 9.24. The van der Waals surface area contributed by atoms with Crippen LogP contribution >= 0.6 is 0 Å². The summed E-state index contributed by atoms with van der Waals surface area (Å²) in [4.78, 5) is 12.1. The lowest BCUT2D eigenvalue weighted by atomic mass is 10.1. The van der Waals surface area contributed by atoms with Gasteiger partial charge in [-0.3, -0.25) is 9.48 Å². The van der Waals surface area contributed by atoms with Crippen LogP contribution in [-0.4, -0.2) is 25.5 Å². The van der Waals surface area contributed by atoms with Crippen molar-refractivity contribution in [1.82, 2.24) is 19.6 Å². The summed E-state index contributed by atoms with van der Waals surface area (Å²) in [7, 11) is 1.85. The van der Waals surface area contributed by atoms with Crippen LogP contribution in [0.25, 0.3) is 10.9 Å². The molecule has 5 nitrogen and oxygen atoms in total. The van der Waals surface area contributed by atoms with Crippen LogP contribution in [-0.2, 0) is 7.05 Å². The van der Waals surface area contributed by atoms with E-state index in [1.54, 1.807) is 35.4 Å². The second-order valence-electron chi connectivity index (χ2n) is 3.80. The highest BCUT2D eigenvalue weighted by atomic mass is 16.2. The number of aromatic nitrogens is 4. The van der Waals surface area contributed by atoms with Gasteiger partial charge in [-0.1, -0.05) is 6.07 Å². The van der Waals surface area contributed by atoms with Gasteiger partial charge in [-0.2, -0.15) is 10.2 Å². The maximum atomic E-state index is 12.1. The SMILES string of the molecule is Cn1ncc2ccc(C(=O)n3cccn3)cc21. The van der Waals surface area contributed by atoms with E-state index in [1.165, 1.54) is 4.68 Å². The molecule has 1 aromatic carbocycles. The lowest BCUT2D eigenvalue weighted by Crippen LogP contribution is -2.12. The van der Waals surface area contributed by atoms with Crippen molar-refractivity contribution < 1.29 is 4.79 Å². The first-order valence-electron chi connectivity index (χ1n) is 5.22. The molecule has 84 valence electrons. The number of carbonyl (C=O) groups is 1. The Balaban J connectivity index is 2.12. The Kier molecular flexibility index (Phi) is 2.04.